The Morgan fingerprint density at radius 1 is 1.07 bits per heavy atom. The molecular formula is C13H18O2. The van der Waals surface area contributed by atoms with E-state index in [4.69, 9.17) is 4.74 Å². The summed E-state index contributed by atoms with van der Waals surface area (Å²) < 4.78 is 5.33. The Bertz CT molecular complexity index is 316. The molecule has 15 heavy (non-hydrogen) atoms. The maximum atomic E-state index is 12.1. The average Bonchev–Trinajstić information content (AvgIpc) is 2.28. The minimum Gasteiger partial charge on any atom is -0.465 e. The number of ether oxygens (including phenoxy) is 1. The summed E-state index contributed by atoms with van der Waals surface area (Å²) in [6.07, 6.45) is 12.4. The highest BCUT2D eigenvalue weighted by molar-refractivity contribution is 5.79. The molecule has 1 saturated carbocycles. The Labute approximate surface area is 90.7 Å². The number of hydrogen-bond donors (Lipinski definition) is 0. The summed E-state index contributed by atoms with van der Waals surface area (Å²) in [5, 5.41) is 0. The summed E-state index contributed by atoms with van der Waals surface area (Å²) in [6.45, 7) is 0.647. The lowest BCUT2D eigenvalue weighted by molar-refractivity contribution is -0.186. The Balaban J connectivity index is 2.07. The zero-order valence-corrected chi connectivity index (χ0v) is 9.13. The van der Waals surface area contributed by atoms with Crippen LogP contribution in [-0.4, -0.2) is 12.6 Å². The largest absolute Gasteiger partial charge is 0.465 e. The number of carbonyl (C=O) groups is 1. The van der Waals surface area contributed by atoms with Crippen molar-refractivity contribution in [3.05, 3.63) is 12.2 Å². The molecule has 2 fully saturated rings. The van der Waals surface area contributed by atoms with Gasteiger partial charge in [-0.2, -0.15) is 0 Å². The zero-order chi connectivity index (χ0) is 10.4. The number of carbonyl (C=O) groups excluding carboxylic acids is 1. The lowest BCUT2D eigenvalue weighted by Gasteiger charge is -2.55. The summed E-state index contributed by atoms with van der Waals surface area (Å²) in [5.74, 6) is 0.0952. The minimum atomic E-state index is -0.141. The fraction of sp³-hybridized carbons (Fsp3) is 0.769. The monoisotopic (exact) mass is 206 g/mol. The Morgan fingerprint density at radius 2 is 1.87 bits per heavy atom. The van der Waals surface area contributed by atoms with E-state index in [2.05, 4.69) is 12.2 Å². The van der Waals surface area contributed by atoms with Crippen LogP contribution in [-0.2, 0) is 9.53 Å². The SMILES string of the molecule is O=C1OCC[C@]23CC=CC[C@@]12CCCC3. The van der Waals surface area contributed by atoms with E-state index in [1.165, 1.54) is 19.3 Å². The molecule has 0 aromatic rings. The van der Waals surface area contributed by atoms with Crippen molar-refractivity contribution in [2.75, 3.05) is 6.61 Å². The fourth-order valence-electron chi connectivity index (χ4n) is 3.95. The van der Waals surface area contributed by atoms with Gasteiger partial charge in [0, 0.05) is 0 Å². The van der Waals surface area contributed by atoms with E-state index < -0.39 is 0 Å². The van der Waals surface area contributed by atoms with Crippen LogP contribution >= 0.6 is 0 Å². The summed E-state index contributed by atoms with van der Waals surface area (Å²) in [5.41, 5.74) is 0.119. The highest BCUT2D eigenvalue weighted by Crippen LogP contribution is 2.61. The van der Waals surface area contributed by atoms with Crippen molar-refractivity contribution in [2.45, 2.75) is 44.9 Å². The van der Waals surface area contributed by atoms with Crippen LogP contribution in [0.4, 0.5) is 0 Å². The summed E-state index contributed by atoms with van der Waals surface area (Å²) in [6, 6.07) is 0. The molecule has 1 heterocycles. The molecule has 1 saturated heterocycles. The van der Waals surface area contributed by atoms with E-state index in [1.807, 2.05) is 0 Å². The van der Waals surface area contributed by atoms with Crippen LogP contribution in [0.25, 0.3) is 0 Å². The maximum Gasteiger partial charge on any atom is 0.312 e. The second kappa shape index (κ2) is 3.10. The second-order valence-corrected chi connectivity index (χ2v) is 5.34. The number of esters is 1. The number of hydrogen-bond acceptors (Lipinski definition) is 2. The lowest BCUT2D eigenvalue weighted by atomic mass is 9.49. The van der Waals surface area contributed by atoms with Crippen molar-refractivity contribution in [1.82, 2.24) is 0 Å². The molecule has 2 heteroatoms. The summed E-state index contributed by atoms with van der Waals surface area (Å²) >= 11 is 0. The van der Waals surface area contributed by atoms with Crippen LogP contribution in [0.2, 0.25) is 0 Å². The molecule has 0 aromatic heterocycles. The predicted octanol–water partition coefficient (Wildman–Crippen LogP) is 2.83. The first-order chi connectivity index (χ1) is 7.29. The zero-order valence-electron chi connectivity index (χ0n) is 9.13. The van der Waals surface area contributed by atoms with Crippen molar-refractivity contribution in [1.29, 1.82) is 0 Å². The van der Waals surface area contributed by atoms with Crippen LogP contribution in [0.5, 0.6) is 0 Å². The Morgan fingerprint density at radius 3 is 2.73 bits per heavy atom. The molecule has 2 nitrogen and oxygen atoms in total. The molecule has 0 amide bonds. The number of allylic oxidation sites excluding steroid dienone is 2. The molecule has 2 aliphatic carbocycles. The summed E-state index contributed by atoms with van der Waals surface area (Å²) in [7, 11) is 0. The smallest absolute Gasteiger partial charge is 0.312 e. The molecule has 0 bridgehead atoms. The van der Waals surface area contributed by atoms with Gasteiger partial charge in [-0.3, -0.25) is 4.79 Å². The first-order valence-corrected chi connectivity index (χ1v) is 6.11. The highest BCUT2D eigenvalue weighted by Gasteiger charge is 2.59. The molecule has 0 radical (unpaired) electrons. The first-order valence-electron chi connectivity index (χ1n) is 6.11. The topological polar surface area (TPSA) is 26.3 Å². The van der Waals surface area contributed by atoms with E-state index in [1.54, 1.807) is 0 Å². The van der Waals surface area contributed by atoms with Gasteiger partial charge in [0.2, 0.25) is 0 Å². The first kappa shape index (κ1) is 9.44. The molecular weight excluding hydrogens is 188 g/mol. The van der Waals surface area contributed by atoms with Crippen molar-refractivity contribution < 1.29 is 9.53 Å². The van der Waals surface area contributed by atoms with Gasteiger partial charge in [-0.05, 0) is 37.5 Å². The van der Waals surface area contributed by atoms with Crippen LogP contribution in [0.15, 0.2) is 12.2 Å². The van der Waals surface area contributed by atoms with Crippen molar-refractivity contribution in [3.63, 3.8) is 0 Å². The third-order valence-electron chi connectivity index (χ3n) is 4.87. The lowest BCUT2D eigenvalue weighted by Crippen LogP contribution is -2.55. The average molecular weight is 206 g/mol. The molecule has 1 aliphatic heterocycles. The van der Waals surface area contributed by atoms with E-state index in [0.29, 0.717) is 6.61 Å². The van der Waals surface area contributed by atoms with E-state index in [-0.39, 0.29) is 16.8 Å². The van der Waals surface area contributed by atoms with Gasteiger partial charge < -0.3 is 4.74 Å². The van der Waals surface area contributed by atoms with Gasteiger partial charge in [0.25, 0.3) is 0 Å². The van der Waals surface area contributed by atoms with Crippen LogP contribution in [0.1, 0.15) is 44.9 Å². The van der Waals surface area contributed by atoms with Crippen molar-refractivity contribution >= 4 is 5.97 Å². The van der Waals surface area contributed by atoms with Crippen LogP contribution < -0.4 is 0 Å². The minimum absolute atomic E-state index is 0.0952. The van der Waals surface area contributed by atoms with Gasteiger partial charge in [0.05, 0.1) is 12.0 Å². The highest BCUT2D eigenvalue weighted by atomic mass is 16.5. The fourth-order valence-corrected chi connectivity index (χ4v) is 3.95. The third-order valence-corrected chi connectivity index (χ3v) is 4.87. The number of cyclic esters (lactones) is 1. The van der Waals surface area contributed by atoms with E-state index in [0.717, 1.165) is 25.7 Å². The van der Waals surface area contributed by atoms with Crippen molar-refractivity contribution in [2.24, 2.45) is 10.8 Å². The van der Waals surface area contributed by atoms with Gasteiger partial charge >= 0.3 is 5.97 Å². The van der Waals surface area contributed by atoms with E-state index >= 15 is 0 Å². The Kier molecular flexibility index (Phi) is 1.95. The van der Waals surface area contributed by atoms with Crippen LogP contribution in [0, 0.1) is 10.8 Å². The predicted molar refractivity (Wildman–Crippen MR) is 57.3 cm³/mol. The molecule has 82 valence electrons. The molecule has 3 rings (SSSR count). The van der Waals surface area contributed by atoms with Gasteiger partial charge in [-0.1, -0.05) is 25.0 Å². The van der Waals surface area contributed by atoms with Gasteiger partial charge in [-0.25, -0.2) is 0 Å². The molecule has 2 atom stereocenters. The molecule has 0 spiro atoms. The molecule has 0 N–H and O–H groups in total. The van der Waals surface area contributed by atoms with Crippen LogP contribution in [0.3, 0.4) is 0 Å². The number of rotatable bonds is 0. The maximum absolute atomic E-state index is 12.1. The van der Waals surface area contributed by atoms with Gasteiger partial charge in [0.15, 0.2) is 0 Å². The van der Waals surface area contributed by atoms with E-state index in [9.17, 15) is 4.79 Å². The summed E-state index contributed by atoms with van der Waals surface area (Å²) in [4.78, 5) is 12.1. The quantitative estimate of drug-likeness (QED) is 0.450. The molecule has 3 aliphatic rings. The van der Waals surface area contributed by atoms with Gasteiger partial charge in [-0.15, -0.1) is 0 Å². The standard InChI is InChI=1S/C13H18O2/c14-11-13-7-3-1-5-12(13,9-10-15-11)6-2-4-8-13/h1,3H,2,4-10H2/t12-,13-/m1/s1. The Hall–Kier alpha value is -0.790. The second-order valence-electron chi connectivity index (χ2n) is 5.34. The van der Waals surface area contributed by atoms with Crippen molar-refractivity contribution in [3.8, 4) is 0 Å². The third kappa shape index (κ3) is 1.08. The van der Waals surface area contributed by atoms with Gasteiger partial charge in [0.1, 0.15) is 0 Å². The molecule has 0 aromatic carbocycles. The normalized spacial score (nSPS) is 44.1. The molecule has 0 unspecified atom stereocenters.